The van der Waals surface area contributed by atoms with Crippen LogP contribution in [-0.4, -0.2) is 60.3 Å². The average Bonchev–Trinajstić information content (AvgIpc) is 2.99. The van der Waals surface area contributed by atoms with Crippen molar-refractivity contribution in [3.05, 3.63) is 23.9 Å². The quantitative estimate of drug-likeness (QED) is 0.924. The Hall–Kier alpha value is -2.10. The number of pyridine rings is 1. The Morgan fingerprint density at radius 3 is 2.64 bits per heavy atom. The molecular formula is C19H26N6. The van der Waals surface area contributed by atoms with Gasteiger partial charge in [0.15, 0.2) is 0 Å². The van der Waals surface area contributed by atoms with Crippen molar-refractivity contribution < 1.29 is 0 Å². The lowest BCUT2D eigenvalue weighted by Gasteiger charge is -2.37. The number of anilines is 1. The van der Waals surface area contributed by atoms with Crippen LogP contribution in [0.15, 0.2) is 18.3 Å². The zero-order valence-corrected chi connectivity index (χ0v) is 15.1. The zero-order chi connectivity index (χ0) is 17.4. The molecule has 0 radical (unpaired) electrons. The molecule has 1 saturated heterocycles. The van der Waals surface area contributed by atoms with Gasteiger partial charge in [0.05, 0.1) is 5.56 Å². The average molecular weight is 338 g/mol. The normalized spacial score (nSPS) is 24.3. The number of fused-ring (bicyclic) bond motifs is 1. The minimum absolute atomic E-state index is 0.446. The van der Waals surface area contributed by atoms with E-state index in [1.807, 2.05) is 13.2 Å². The van der Waals surface area contributed by atoms with Crippen molar-refractivity contribution in [2.75, 3.05) is 44.7 Å². The molecule has 1 N–H and O–H groups in total. The minimum atomic E-state index is 0.446. The Morgan fingerprint density at radius 2 is 2.00 bits per heavy atom. The van der Waals surface area contributed by atoms with Gasteiger partial charge < -0.3 is 19.7 Å². The number of hydrogen-bond donors (Lipinski definition) is 1. The first-order valence-electron chi connectivity index (χ1n) is 9.29. The summed E-state index contributed by atoms with van der Waals surface area (Å²) in [7, 11) is 2.02. The molecule has 0 atom stereocenters. The van der Waals surface area contributed by atoms with E-state index in [0.29, 0.717) is 12.1 Å². The lowest BCUT2D eigenvalue weighted by molar-refractivity contribution is 0.240. The van der Waals surface area contributed by atoms with Gasteiger partial charge in [-0.25, -0.2) is 4.98 Å². The van der Waals surface area contributed by atoms with Gasteiger partial charge in [-0.15, -0.1) is 0 Å². The number of nitrogens with one attached hydrogen (secondary N) is 1. The minimum Gasteiger partial charge on any atom is -0.354 e. The fourth-order valence-corrected chi connectivity index (χ4v) is 4.00. The lowest BCUT2D eigenvalue weighted by Crippen LogP contribution is -2.46. The third kappa shape index (κ3) is 2.88. The molecule has 0 bridgehead atoms. The summed E-state index contributed by atoms with van der Waals surface area (Å²) < 4.78 is 2.23. The Kier molecular flexibility index (Phi) is 4.36. The van der Waals surface area contributed by atoms with Gasteiger partial charge in [0.2, 0.25) is 0 Å². The maximum absolute atomic E-state index is 9.47. The number of rotatable bonds is 4. The van der Waals surface area contributed by atoms with Crippen molar-refractivity contribution in [3.8, 4) is 6.07 Å². The molecule has 2 aromatic heterocycles. The predicted molar refractivity (Wildman–Crippen MR) is 99.9 cm³/mol. The molecule has 3 heterocycles. The number of likely N-dealkylation sites (N-methyl/N-ethyl adjacent to an activating group) is 1. The van der Waals surface area contributed by atoms with E-state index in [1.54, 1.807) is 0 Å². The second kappa shape index (κ2) is 6.66. The van der Waals surface area contributed by atoms with Crippen LogP contribution in [-0.2, 0) is 0 Å². The summed E-state index contributed by atoms with van der Waals surface area (Å²) in [6.07, 6.45) is 4.20. The third-order valence-corrected chi connectivity index (χ3v) is 5.84. The number of nitrogens with zero attached hydrogens (tertiary/aromatic N) is 5. The van der Waals surface area contributed by atoms with Gasteiger partial charge in [0.25, 0.3) is 0 Å². The predicted octanol–water partition coefficient (Wildman–Crippen LogP) is 1.97. The molecule has 1 aliphatic heterocycles. The van der Waals surface area contributed by atoms with E-state index in [-0.39, 0.29) is 0 Å². The number of piperazine rings is 1. The monoisotopic (exact) mass is 338 g/mol. The highest BCUT2D eigenvalue weighted by molar-refractivity contribution is 5.85. The van der Waals surface area contributed by atoms with Crippen LogP contribution < -0.4 is 10.2 Å². The first kappa shape index (κ1) is 16.4. The first-order chi connectivity index (χ1) is 12.2. The number of nitriles is 1. The van der Waals surface area contributed by atoms with Gasteiger partial charge in [-0.05, 0) is 38.6 Å². The number of aromatic nitrogens is 2. The van der Waals surface area contributed by atoms with E-state index in [4.69, 9.17) is 4.98 Å². The van der Waals surface area contributed by atoms with E-state index in [0.717, 1.165) is 68.0 Å². The summed E-state index contributed by atoms with van der Waals surface area (Å²) >= 11 is 0. The lowest BCUT2D eigenvalue weighted by atomic mass is 9.87. The molecule has 132 valence electrons. The van der Waals surface area contributed by atoms with Crippen LogP contribution in [0.2, 0.25) is 0 Å². The van der Waals surface area contributed by atoms with Crippen LogP contribution in [0.1, 0.15) is 31.4 Å². The molecule has 6 heteroatoms. The molecule has 1 saturated carbocycles. The standard InChI is InChI=1S/C19H26N6/c1-3-23-6-8-24(9-7-23)18-5-4-17-14(12-20)13-25(19(17)22-18)16-10-15(11-16)21-2/h4-5,13,15-16,21H,3,6-11H2,1-2H3/t15-,16-. The summed E-state index contributed by atoms with van der Waals surface area (Å²) in [5.41, 5.74) is 1.70. The highest BCUT2D eigenvalue weighted by atomic mass is 15.3. The van der Waals surface area contributed by atoms with Gasteiger partial charge in [-0.2, -0.15) is 5.26 Å². The summed E-state index contributed by atoms with van der Waals surface area (Å²) in [6.45, 7) is 7.55. The van der Waals surface area contributed by atoms with Crippen molar-refractivity contribution in [2.45, 2.75) is 31.8 Å². The fourth-order valence-electron chi connectivity index (χ4n) is 4.00. The molecule has 0 spiro atoms. The van der Waals surface area contributed by atoms with Gasteiger partial charge >= 0.3 is 0 Å². The molecule has 25 heavy (non-hydrogen) atoms. The van der Waals surface area contributed by atoms with E-state index >= 15 is 0 Å². The van der Waals surface area contributed by atoms with Crippen LogP contribution in [0.3, 0.4) is 0 Å². The van der Waals surface area contributed by atoms with E-state index in [2.05, 4.69) is 44.8 Å². The third-order valence-electron chi connectivity index (χ3n) is 5.84. The summed E-state index contributed by atoms with van der Waals surface area (Å²) in [5.74, 6) is 1.04. The van der Waals surface area contributed by atoms with Gasteiger partial charge in [0, 0.05) is 49.8 Å². The van der Waals surface area contributed by atoms with Gasteiger partial charge in [-0.3, -0.25) is 0 Å². The molecule has 0 unspecified atom stereocenters. The van der Waals surface area contributed by atoms with Crippen molar-refractivity contribution in [1.29, 1.82) is 5.26 Å². The first-order valence-corrected chi connectivity index (χ1v) is 9.29. The van der Waals surface area contributed by atoms with Crippen molar-refractivity contribution in [2.24, 2.45) is 0 Å². The highest BCUT2D eigenvalue weighted by Crippen LogP contribution is 2.36. The van der Waals surface area contributed by atoms with Crippen molar-refractivity contribution >= 4 is 16.9 Å². The second-order valence-corrected chi connectivity index (χ2v) is 7.13. The zero-order valence-electron chi connectivity index (χ0n) is 15.1. The Morgan fingerprint density at radius 1 is 1.24 bits per heavy atom. The molecule has 0 amide bonds. The van der Waals surface area contributed by atoms with Gasteiger partial charge in [-0.1, -0.05) is 6.92 Å². The highest BCUT2D eigenvalue weighted by Gasteiger charge is 2.31. The van der Waals surface area contributed by atoms with E-state index in [9.17, 15) is 5.26 Å². The molecular weight excluding hydrogens is 312 g/mol. The molecule has 2 fully saturated rings. The van der Waals surface area contributed by atoms with Crippen LogP contribution in [0.25, 0.3) is 11.0 Å². The summed E-state index contributed by atoms with van der Waals surface area (Å²) in [4.78, 5) is 9.81. The maximum atomic E-state index is 9.47. The van der Waals surface area contributed by atoms with E-state index < -0.39 is 0 Å². The summed E-state index contributed by atoms with van der Waals surface area (Å²) in [6, 6.07) is 7.51. The number of hydrogen-bond acceptors (Lipinski definition) is 5. The van der Waals surface area contributed by atoms with Crippen molar-refractivity contribution in [3.63, 3.8) is 0 Å². The largest absolute Gasteiger partial charge is 0.354 e. The van der Waals surface area contributed by atoms with Crippen LogP contribution in [0.5, 0.6) is 0 Å². The smallest absolute Gasteiger partial charge is 0.143 e. The van der Waals surface area contributed by atoms with Gasteiger partial charge in [0.1, 0.15) is 17.5 Å². The second-order valence-electron chi connectivity index (χ2n) is 7.13. The molecule has 4 rings (SSSR count). The molecule has 1 aliphatic carbocycles. The Balaban J connectivity index is 1.64. The summed E-state index contributed by atoms with van der Waals surface area (Å²) in [5, 5.41) is 13.8. The Bertz CT molecular complexity index is 790. The SMILES string of the molecule is CCN1CCN(c2ccc3c(C#N)cn([C@H]4C[C@H](NC)C4)c3n2)CC1. The van der Waals surface area contributed by atoms with E-state index in [1.165, 1.54) is 0 Å². The van der Waals surface area contributed by atoms with Crippen LogP contribution in [0, 0.1) is 11.3 Å². The fraction of sp³-hybridized carbons (Fsp3) is 0.579. The topological polar surface area (TPSA) is 60.1 Å². The molecule has 2 aromatic rings. The Labute approximate surface area is 149 Å². The van der Waals surface area contributed by atoms with Crippen LogP contribution in [0.4, 0.5) is 5.82 Å². The molecule has 6 nitrogen and oxygen atoms in total. The molecule has 2 aliphatic rings. The maximum Gasteiger partial charge on any atom is 0.143 e. The van der Waals surface area contributed by atoms with Crippen molar-refractivity contribution in [1.82, 2.24) is 19.8 Å². The molecule has 0 aromatic carbocycles. The van der Waals surface area contributed by atoms with Crippen LogP contribution >= 0.6 is 0 Å².